The third-order valence-electron chi connectivity index (χ3n) is 6.98. The molecule has 38 heavy (non-hydrogen) atoms. The van der Waals surface area contributed by atoms with E-state index in [0.29, 0.717) is 47.9 Å². The standard InChI is InChI=1S/C30H31N3O5/c1-5-36-24-11-7-6-9-22(24)31-30(35)29-19(4)27-23(10-8-12-25(27)38-29)32-33-26(34)15-20-16-37-28-18(3)17(2)13-14-21(20)28/h6-7,9,11,13-14,16H,5,8,10,12,15H2,1-4H3,(H,31,35)(H,33,34)/b32-23+. The molecule has 8 nitrogen and oxygen atoms in total. The minimum Gasteiger partial charge on any atom is -0.492 e. The van der Waals surface area contributed by atoms with E-state index in [4.69, 9.17) is 13.6 Å². The van der Waals surface area contributed by atoms with Crippen LogP contribution in [-0.2, 0) is 17.6 Å². The Balaban J connectivity index is 1.33. The first-order chi connectivity index (χ1) is 18.4. The molecule has 0 atom stereocenters. The maximum Gasteiger partial charge on any atom is 0.291 e. The van der Waals surface area contributed by atoms with Gasteiger partial charge in [-0.2, -0.15) is 5.10 Å². The number of hydrogen-bond acceptors (Lipinski definition) is 6. The Kier molecular flexibility index (Phi) is 7.05. The van der Waals surface area contributed by atoms with Crippen LogP contribution in [-0.4, -0.2) is 24.1 Å². The van der Waals surface area contributed by atoms with Gasteiger partial charge in [0.05, 0.1) is 30.7 Å². The molecule has 2 N–H and O–H groups in total. The van der Waals surface area contributed by atoms with Crippen molar-refractivity contribution >= 4 is 34.2 Å². The summed E-state index contributed by atoms with van der Waals surface area (Å²) in [4.78, 5) is 25.9. The van der Waals surface area contributed by atoms with Crippen LogP contribution in [0.5, 0.6) is 5.75 Å². The number of hydrogen-bond donors (Lipinski definition) is 2. The van der Waals surface area contributed by atoms with Crippen LogP contribution >= 0.6 is 0 Å². The number of ether oxygens (including phenoxy) is 1. The number of hydrazone groups is 1. The molecule has 2 aromatic carbocycles. The number of para-hydroxylation sites is 2. The van der Waals surface area contributed by atoms with E-state index in [2.05, 4.69) is 15.8 Å². The van der Waals surface area contributed by atoms with Gasteiger partial charge >= 0.3 is 0 Å². The second kappa shape index (κ2) is 10.6. The third kappa shape index (κ3) is 4.81. The van der Waals surface area contributed by atoms with Gasteiger partial charge in [-0.1, -0.05) is 24.3 Å². The number of fused-ring (bicyclic) bond motifs is 2. The number of anilines is 1. The number of benzene rings is 2. The zero-order valence-corrected chi connectivity index (χ0v) is 22.1. The van der Waals surface area contributed by atoms with E-state index in [1.807, 2.05) is 52.0 Å². The van der Waals surface area contributed by atoms with Crippen molar-refractivity contribution in [1.29, 1.82) is 0 Å². The third-order valence-corrected chi connectivity index (χ3v) is 6.98. The Morgan fingerprint density at radius 2 is 1.87 bits per heavy atom. The Bertz CT molecular complexity index is 1560. The van der Waals surface area contributed by atoms with E-state index in [0.717, 1.165) is 39.6 Å². The maximum absolute atomic E-state index is 13.1. The summed E-state index contributed by atoms with van der Waals surface area (Å²) in [6.45, 7) is 8.27. The Hall–Kier alpha value is -4.33. The number of aryl methyl sites for hydroxylation is 3. The van der Waals surface area contributed by atoms with Crippen LogP contribution in [0.1, 0.15) is 63.9 Å². The van der Waals surface area contributed by atoms with Gasteiger partial charge in [-0.05, 0) is 63.8 Å². The highest BCUT2D eigenvalue weighted by Crippen LogP contribution is 2.32. The lowest BCUT2D eigenvalue weighted by Gasteiger charge is -2.13. The van der Waals surface area contributed by atoms with Crippen molar-refractivity contribution in [3.8, 4) is 5.75 Å². The molecule has 196 valence electrons. The number of carbonyl (C=O) groups is 2. The van der Waals surface area contributed by atoms with Crippen molar-refractivity contribution in [2.45, 2.75) is 53.4 Å². The van der Waals surface area contributed by atoms with Gasteiger partial charge in [0.15, 0.2) is 5.76 Å². The first kappa shape index (κ1) is 25.3. The van der Waals surface area contributed by atoms with E-state index in [1.54, 1.807) is 18.4 Å². The van der Waals surface area contributed by atoms with Gasteiger partial charge in [0.25, 0.3) is 5.91 Å². The molecule has 2 heterocycles. The molecule has 4 aromatic rings. The maximum atomic E-state index is 13.1. The number of furan rings is 2. The van der Waals surface area contributed by atoms with Gasteiger partial charge in [-0.3, -0.25) is 9.59 Å². The van der Waals surface area contributed by atoms with Crippen molar-refractivity contribution in [2.24, 2.45) is 5.10 Å². The van der Waals surface area contributed by atoms with Crippen LogP contribution in [0, 0.1) is 20.8 Å². The van der Waals surface area contributed by atoms with E-state index >= 15 is 0 Å². The molecule has 2 amide bonds. The topological polar surface area (TPSA) is 106 Å². The van der Waals surface area contributed by atoms with E-state index in [9.17, 15) is 9.59 Å². The van der Waals surface area contributed by atoms with Crippen molar-refractivity contribution < 1.29 is 23.2 Å². The summed E-state index contributed by atoms with van der Waals surface area (Å²) in [6.07, 6.45) is 3.97. The summed E-state index contributed by atoms with van der Waals surface area (Å²) in [5, 5.41) is 8.28. The summed E-state index contributed by atoms with van der Waals surface area (Å²) in [7, 11) is 0. The minimum atomic E-state index is -0.357. The quantitative estimate of drug-likeness (QED) is 0.295. The Morgan fingerprint density at radius 1 is 1.05 bits per heavy atom. The fourth-order valence-electron chi connectivity index (χ4n) is 4.89. The Morgan fingerprint density at radius 3 is 2.68 bits per heavy atom. The van der Waals surface area contributed by atoms with Crippen molar-refractivity contribution in [3.63, 3.8) is 0 Å². The van der Waals surface area contributed by atoms with Gasteiger partial charge in [-0.25, -0.2) is 5.43 Å². The average Bonchev–Trinajstić information content (AvgIpc) is 3.47. The van der Waals surface area contributed by atoms with Gasteiger partial charge in [0.1, 0.15) is 17.1 Å². The second-order valence-corrected chi connectivity index (χ2v) is 9.51. The van der Waals surface area contributed by atoms with Gasteiger partial charge < -0.3 is 18.9 Å². The van der Waals surface area contributed by atoms with E-state index in [1.165, 1.54) is 0 Å². The summed E-state index contributed by atoms with van der Waals surface area (Å²) in [5.41, 5.74) is 9.31. The molecule has 0 spiro atoms. The first-order valence-corrected chi connectivity index (χ1v) is 12.8. The predicted octanol–water partition coefficient (Wildman–Crippen LogP) is 6.00. The average molecular weight is 514 g/mol. The highest BCUT2D eigenvalue weighted by atomic mass is 16.5. The lowest BCUT2D eigenvalue weighted by atomic mass is 9.93. The van der Waals surface area contributed by atoms with Gasteiger partial charge in [0.2, 0.25) is 5.91 Å². The van der Waals surface area contributed by atoms with E-state index < -0.39 is 0 Å². The van der Waals surface area contributed by atoms with E-state index in [-0.39, 0.29) is 24.0 Å². The zero-order chi connectivity index (χ0) is 26.8. The van der Waals surface area contributed by atoms with Crippen LogP contribution in [0.15, 0.2) is 56.6 Å². The zero-order valence-electron chi connectivity index (χ0n) is 22.1. The molecule has 8 heteroatoms. The van der Waals surface area contributed by atoms with Crippen molar-refractivity contribution in [3.05, 3.63) is 82.0 Å². The number of nitrogens with one attached hydrogen (secondary N) is 2. The van der Waals surface area contributed by atoms with Gasteiger partial charge in [-0.15, -0.1) is 0 Å². The summed E-state index contributed by atoms with van der Waals surface area (Å²) < 4.78 is 17.4. The number of carbonyl (C=O) groups excluding carboxylic acids is 2. The van der Waals surface area contributed by atoms with Crippen LogP contribution in [0.3, 0.4) is 0 Å². The molecule has 0 unspecified atom stereocenters. The summed E-state index contributed by atoms with van der Waals surface area (Å²) in [6, 6.07) is 11.3. The summed E-state index contributed by atoms with van der Waals surface area (Å²) in [5.74, 6) is 0.939. The molecule has 0 aliphatic heterocycles. The molecular weight excluding hydrogens is 482 g/mol. The number of nitrogens with zero attached hydrogens (tertiary/aromatic N) is 1. The molecule has 5 rings (SSSR count). The summed E-state index contributed by atoms with van der Waals surface area (Å²) >= 11 is 0. The highest BCUT2D eigenvalue weighted by molar-refractivity contribution is 6.09. The van der Waals surface area contributed by atoms with Crippen molar-refractivity contribution in [1.82, 2.24) is 5.43 Å². The van der Waals surface area contributed by atoms with Crippen LogP contribution in [0.4, 0.5) is 5.69 Å². The monoisotopic (exact) mass is 513 g/mol. The normalized spacial score (nSPS) is 13.9. The lowest BCUT2D eigenvalue weighted by Crippen LogP contribution is -2.23. The molecule has 0 saturated carbocycles. The molecule has 0 saturated heterocycles. The molecule has 1 aliphatic carbocycles. The van der Waals surface area contributed by atoms with Crippen LogP contribution in [0.2, 0.25) is 0 Å². The number of amides is 2. The fourth-order valence-corrected chi connectivity index (χ4v) is 4.89. The van der Waals surface area contributed by atoms with Crippen LogP contribution < -0.4 is 15.5 Å². The smallest absolute Gasteiger partial charge is 0.291 e. The minimum absolute atomic E-state index is 0.149. The van der Waals surface area contributed by atoms with Crippen LogP contribution in [0.25, 0.3) is 11.0 Å². The molecule has 0 bridgehead atoms. The predicted molar refractivity (Wildman–Crippen MR) is 146 cm³/mol. The lowest BCUT2D eigenvalue weighted by molar-refractivity contribution is -0.120. The largest absolute Gasteiger partial charge is 0.492 e. The molecule has 1 aliphatic rings. The Labute approximate surface area is 221 Å². The van der Waals surface area contributed by atoms with Gasteiger partial charge in [0, 0.05) is 28.5 Å². The number of rotatable bonds is 7. The van der Waals surface area contributed by atoms with Crippen molar-refractivity contribution in [2.75, 3.05) is 11.9 Å². The SMILES string of the molecule is CCOc1ccccc1NC(=O)c1oc2c(c1C)/C(=N/NC(=O)Cc1coc3c(C)c(C)ccc13)CCC2. The second-order valence-electron chi connectivity index (χ2n) is 9.51. The molecule has 0 fully saturated rings. The first-order valence-electron chi connectivity index (χ1n) is 12.8. The fraction of sp³-hybridized carbons (Fsp3) is 0.300. The molecule has 2 aromatic heterocycles. The molecule has 0 radical (unpaired) electrons. The highest BCUT2D eigenvalue weighted by Gasteiger charge is 2.28. The molecular formula is C30H31N3O5.